The van der Waals surface area contributed by atoms with Crippen molar-refractivity contribution >= 4 is 23.2 Å². The number of nitrogens with one attached hydrogen (secondary N) is 1. The van der Waals surface area contributed by atoms with E-state index in [4.69, 9.17) is 11.6 Å². The monoisotopic (exact) mass is 339 g/mol. The zero-order valence-corrected chi connectivity index (χ0v) is 14.0. The maximum absolute atomic E-state index is 12.1. The van der Waals surface area contributed by atoms with Crippen LogP contribution in [0.4, 0.5) is 5.69 Å². The van der Waals surface area contributed by atoms with Gasteiger partial charge in [0.05, 0.1) is 15.5 Å². The summed E-state index contributed by atoms with van der Waals surface area (Å²) in [7, 11) is 0. The number of nitro benzene ring substituents is 1. The highest BCUT2D eigenvalue weighted by Crippen LogP contribution is 2.22. The van der Waals surface area contributed by atoms with Gasteiger partial charge in [0.2, 0.25) is 0 Å². The van der Waals surface area contributed by atoms with E-state index in [1.165, 1.54) is 31.0 Å². The molecule has 1 aromatic rings. The molecule has 1 aliphatic heterocycles. The van der Waals surface area contributed by atoms with E-state index in [0.29, 0.717) is 6.54 Å². The number of carbonyl (C=O) groups is 1. The number of nitrogens with zero attached hydrogens (tertiary/aromatic N) is 2. The van der Waals surface area contributed by atoms with Gasteiger partial charge in [0.15, 0.2) is 0 Å². The van der Waals surface area contributed by atoms with Crippen LogP contribution in [0, 0.1) is 16.0 Å². The van der Waals surface area contributed by atoms with Crippen molar-refractivity contribution in [3.8, 4) is 0 Å². The number of carbonyl (C=O) groups excluding carboxylic acids is 1. The van der Waals surface area contributed by atoms with Crippen molar-refractivity contribution < 1.29 is 9.72 Å². The van der Waals surface area contributed by atoms with Crippen LogP contribution in [-0.2, 0) is 0 Å². The Bertz CT molecular complexity index is 572. The summed E-state index contributed by atoms with van der Waals surface area (Å²) in [6, 6.07) is 3.88. The van der Waals surface area contributed by atoms with Crippen molar-refractivity contribution in [3.05, 3.63) is 38.9 Å². The Morgan fingerprint density at radius 1 is 1.43 bits per heavy atom. The quantitative estimate of drug-likeness (QED) is 0.491. The molecule has 0 aromatic heterocycles. The van der Waals surface area contributed by atoms with Crippen LogP contribution < -0.4 is 5.32 Å². The van der Waals surface area contributed by atoms with Crippen LogP contribution in [0.5, 0.6) is 0 Å². The molecule has 126 valence electrons. The minimum absolute atomic E-state index is 0.0988. The van der Waals surface area contributed by atoms with Gasteiger partial charge in [-0.25, -0.2) is 0 Å². The molecule has 0 bridgehead atoms. The van der Waals surface area contributed by atoms with E-state index in [1.54, 1.807) is 0 Å². The number of nitro groups is 1. The number of non-ortho nitro benzene ring substituents is 1. The highest BCUT2D eigenvalue weighted by atomic mass is 35.5. The molecule has 1 N–H and O–H groups in total. The molecule has 1 saturated heterocycles. The molecule has 0 aliphatic carbocycles. The number of hydrogen-bond donors (Lipinski definition) is 1. The summed E-state index contributed by atoms with van der Waals surface area (Å²) in [5, 5.41) is 13.6. The summed E-state index contributed by atoms with van der Waals surface area (Å²) in [5.74, 6) is 0.521. The first kappa shape index (κ1) is 17.7. The van der Waals surface area contributed by atoms with Crippen molar-refractivity contribution in [2.45, 2.75) is 26.2 Å². The predicted molar refractivity (Wildman–Crippen MR) is 89.9 cm³/mol. The third-order valence-electron chi connectivity index (χ3n) is 4.22. The van der Waals surface area contributed by atoms with E-state index in [1.807, 2.05) is 0 Å². The Morgan fingerprint density at radius 3 is 2.74 bits per heavy atom. The topological polar surface area (TPSA) is 75.5 Å². The molecule has 0 atom stereocenters. The van der Waals surface area contributed by atoms with Crippen molar-refractivity contribution in [2.24, 2.45) is 5.92 Å². The first-order chi connectivity index (χ1) is 11.0. The lowest BCUT2D eigenvalue weighted by atomic mass is 9.99. The van der Waals surface area contributed by atoms with Gasteiger partial charge in [-0.15, -0.1) is 0 Å². The van der Waals surface area contributed by atoms with E-state index < -0.39 is 4.92 Å². The van der Waals surface area contributed by atoms with Crippen LogP contribution in [0.15, 0.2) is 18.2 Å². The standard InChI is InChI=1S/C16H22ClN3O3/c1-12-5-9-19(10-6-12)8-2-7-18-16(21)14-4-3-13(20(22)23)11-15(14)17/h3-4,11-12H,2,5-10H2,1H3,(H,18,21). The van der Waals surface area contributed by atoms with Crippen LogP contribution in [0.1, 0.15) is 36.5 Å². The third kappa shape index (κ3) is 5.18. The Kier molecular flexibility index (Phi) is 6.36. The Balaban J connectivity index is 1.75. The van der Waals surface area contributed by atoms with Gasteiger partial charge in [-0.2, -0.15) is 0 Å². The van der Waals surface area contributed by atoms with Gasteiger partial charge in [0, 0.05) is 18.7 Å². The molecule has 0 radical (unpaired) electrons. The van der Waals surface area contributed by atoms with Crippen LogP contribution in [0.25, 0.3) is 0 Å². The molecule has 2 rings (SSSR count). The van der Waals surface area contributed by atoms with Gasteiger partial charge >= 0.3 is 0 Å². The van der Waals surface area contributed by atoms with Crippen LogP contribution >= 0.6 is 11.6 Å². The number of rotatable bonds is 6. The highest BCUT2D eigenvalue weighted by Gasteiger charge is 2.16. The van der Waals surface area contributed by atoms with E-state index in [2.05, 4.69) is 17.1 Å². The maximum Gasteiger partial charge on any atom is 0.270 e. The molecular weight excluding hydrogens is 318 g/mol. The molecule has 0 spiro atoms. The average Bonchev–Trinajstić information content (AvgIpc) is 2.52. The Morgan fingerprint density at radius 2 is 2.13 bits per heavy atom. The van der Waals surface area contributed by atoms with Gasteiger partial charge in [-0.05, 0) is 50.9 Å². The zero-order chi connectivity index (χ0) is 16.8. The SMILES string of the molecule is CC1CCN(CCCNC(=O)c2ccc([N+](=O)[O-])cc2Cl)CC1. The third-order valence-corrected chi connectivity index (χ3v) is 4.53. The summed E-state index contributed by atoms with van der Waals surface area (Å²) >= 11 is 5.94. The van der Waals surface area contributed by atoms with Crippen LogP contribution in [-0.4, -0.2) is 41.9 Å². The van der Waals surface area contributed by atoms with Gasteiger partial charge in [-0.3, -0.25) is 14.9 Å². The fraction of sp³-hybridized carbons (Fsp3) is 0.562. The largest absolute Gasteiger partial charge is 0.352 e. The Labute approximate surface area is 141 Å². The van der Waals surface area contributed by atoms with E-state index in [9.17, 15) is 14.9 Å². The van der Waals surface area contributed by atoms with E-state index >= 15 is 0 Å². The minimum atomic E-state index is -0.535. The lowest BCUT2D eigenvalue weighted by Gasteiger charge is -2.30. The van der Waals surface area contributed by atoms with Gasteiger partial charge in [-0.1, -0.05) is 18.5 Å². The molecule has 1 heterocycles. The van der Waals surface area contributed by atoms with Crippen LogP contribution in [0.2, 0.25) is 5.02 Å². The van der Waals surface area contributed by atoms with Crippen molar-refractivity contribution in [3.63, 3.8) is 0 Å². The second-order valence-corrected chi connectivity index (χ2v) is 6.46. The minimum Gasteiger partial charge on any atom is -0.352 e. The van der Waals surface area contributed by atoms with Crippen LogP contribution in [0.3, 0.4) is 0 Å². The van der Waals surface area contributed by atoms with Crippen molar-refractivity contribution in [1.29, 1.82) is 0 Å². The maximum atomic E-state index is 12.1. The fourth-order valence-corrected chi connectivity index (χ4v) is 2.95. The summed E-state index contributed by atoms with van der Waals surface area (Å²) < 4.78 is 0. The molecule has 7 heteroatoms. The molecule has 6 nitrogen and oxygen atoms in total. The molecule has 1 fully saturated rings. The molecule has 1 aliphatic rings. The number of benzene rings is 1. The second-order valence-electron chi connectivity index (χ2n) is 6.05. The zero-order valence-electron chi connectivity index (χ0n) is 13.3. The summed E-state index contributed by atoms with van der Waals surface area (Å²) in [6.07, 6.45) is 3.36. The van der Waals surface area contributed by atoms with Gasteiger partial charge in [0.1, 0.15) is 0 Å². The molecule has 0 unspecified atom stereocenters. The molecular formula is C16H22ClN3O3. The van der Waals surface area contributed by atoms with E-state index in [0.717, 1.165) is 32.0 Å². The molecule has 0 saturated carbocycles. The fourth-order valence-electron chi connectivity index (χ4n) is 2.69. The van der Waals surface area contributed by atoms with Gasteiger partial charge < -0.3 is 10.2 Å². The number of amides is 1. The lowest BCUT2D eigenvalue weighted by Crippen LogP contribution is -2.35. The first-order valence-electron chi connectivity index (χ1n) is 7.92. The number of halogens is 1. The number of piperidine rings is 1. The molecule has 1 aromatic carbocycles. The molecule has 23 heavy (non-hydrogen) atoms. The molecule has 1 amide bonds. The Hall–Kier alpha value is -1.66. The summed E-state index contributed by atoms with van der Waals surface area (Å²) in [5.41, 5.74) is 0.148. The predicted octanol–water partition coefficient (Wildman–Crippen LogP) is 3.10. The van der Waals surface area contributed by atoms with E-state index in [-0.39, 0.29) is 22.2 Å². The van der Waals surface area contributed by atoms with Crippen molar-refractivity contribution in [1.82, 2.24) is 10.2 Å². The smallest absolute Gasteiger partial charge is 0.270 e. The number of hydrogen-bond acceptors (Lipinski definition) is 4. The summed E-state index contributed by atoms with van der Waals surface area (Å²) in [4.78, 5) is 24.6. The van der Waals surface area contributed by atoms with Gasteiger partial charge in [0.25, 0.3) is 11.6 Å². The first-order valence-corrected chi connectivity index (χ1v) is 8.29. The average molecular weight is 340 g/mol. The highest BCUT2D eigenvalue weighted by molar-refractivity contribution is 6.34. The second kappa shape index (κ2) is 8.26. The number of likely N-dealkylation sites (tertiary alicyclic amines) is 1. The van der Waals surface area contributed by atoms with Crippen molar-refractivity contribution in [2.75, 3.05) is 26.2 Å². The lowest BCUT2D eigenvalue weighted by molar-refractivity contribution is -0.384. The normalized spacial score (nSPS) is 16.3. The summed E-state index contributed by atoms with van der Waals surface area (Å²) in [6.45, 7) is 6.08.